The van der Waals surface area contributed by atoms with Crippen molar-refractivity contribution in [1.82, 2.24) is 0 Å². The van der Waals surface area contributed by atoms with Crippen molar-refractivity contribution in [2.75, 3.05) is 7.11 Å². The highest BCUT2D eigenvalue weighted by molar-refractivity contribution is 6.08. The maximum atomic E-state index is 12.8. The van der Waals surface area contributed by atoms with Gasteiger partial charge in [0.15, 0.2) is 5.78 Å². The Morgan fingerprint density at radius 1 is 1.00 bits per heavy atom. The SMILES string of the molecule is COc1ccccc1C(=O)C1(c2ccccc2)CC1. The van der Waals surface area contributed by atoms with Gasteiger partial charge in [0.2, 0.25) is 0 Å². The zero-order chi connectivity index (χ0) is 13.3. The van der Waals surface area contributed by atoms with E-state index in [9.17, 15) is 4.79 Å². The van der Waals surface area contributed by atoms with Crippen molar-refractivity contribution in [2.24, 2.45) is 0 Å². The van der Waals surface area contributed by atoms with E-state index < -0.39 is 0 Å². The molecule has 1 aliphatic rings. The van der Waals surface area contributed by atoms with Crippen LogP contribution in [0.4, 0.5) is 0 Å². The summed E-state index contributed by atoms with van der Waals surface area (Å²) in [6.45, 7) is 0. The lowest BCUT2D eigenvalue weighted by Crippen LogP contribution is -2.21. The fourth-order valence-electron chi connectivity index (χ4n) is 2.62. The molecule has 0 amide bonds. The van der Waals surface area contributed by atoms with Crippen molar-refractivity contribution < 1.29 is 9.53 Å². The molecule has 0 heterocycles. The Hall–Kier alpha value is -2.09. The predicted molar refractivity (Wildman–Crippen MR) is 74.7 cm³/mol. The highest BCUT2D eigenvalue weighted by atomic mass is 16.5. The van der Waals surface area contributed by atoms with Crippen LogP contribution in [0.2, 0.25) is 0 Å². The molecule has 2 aromatic rings. The summed E-state index contributed by atoms with van der Waals surface area (Å²) in [5.41, 5.74) is 1.48. The molecule has 0 atom stereocenters. The summed E-state index contributed by atoms with van der Waals surface area (Å²) in [5, 5.41) is 0. The van der Waals surface area contributed by atoms with Crippen LogP contribution in [0.3, 0.4) is 0 Å². The van der Waals surface area contributed by atoms with Crippen LogP contribution in [0.1, 0.15) is 28.8 Å². The smallest absolute Gasteiger partial charge is 0.177 e. The molecule has 2 heteroatoms. The van der Waals surface area contributed by atoms with Gasteiger partial charge in [-0.15, -0.1) is 0 Å². The van der Waals surface area contributed by atoms with Crippen LogP contribution in [0, 0.1) is 0 Å². The number of benzene rings is 2. The van der Waals surface area contributed by atoms with Gasteiger partial charge in [0.1, 0.15) is 5.75 Å². The maximum absolute atomic E-state index is 12.8. The Kier molecular flexibility index (Phi) is 2.86. The molecule has 2 nitrogen and oxygen atoms in total. The lowest BCUT2D eigenvalue weighted by Gasteiger charge is -2.16. The average molecular weight is 252 g/mol. The fraction of sp³-hybridized carbons (Fsp3) is 0.235. The molecule has 96 valence electrons. The molecule has 0 unspecified atom stereocenters. The topological polar surface area (TPSA) is 26.3 Å². The molecule has 0 N–H and O–H groups in total. The molecule has 1 fully saturated rings. The molecule has 3 rings (SSSR count). The molecule has 2 aromatic carbocycles. The lowest BCUT2D eigenvalue weighted by molar-refractivity contribution is 0.0943. The summed E-state index contributed by atoms with van der Waals surface area (Å²) < 4.78 is 5.30. The molecule has 0 bridgehead atoms. The summed E-state index contributed by atoms with van der Waals surface area (Å²) in [6, 6.07) is 17.5. The van der Waals surface area contributed by atoms with Crippen LogP contribution in [-0.2, 0) is 5.41 Å². The summed E-state index contributed by atoms with van der Waals surface area (Å²) in [6.07, 6.45) is 1.85. The van der Waals surface area contributed by atoms with Crippen LogP contribution < -0.4 is 4.74 Å². The number of rotatable bonds is 4. The number of para-hydroxylation sites is 1. The van der Waals surface area contributed by atoms with Gasteiger partial charge in [0.25, 0.3) is 0 Å². The van der Waals surface area contributed by atoms with Crippen LogP contribution >= 0.6 is 0 Å². The molecular formula is C17H16O2. The van der Waals surface area contributed by atoms with E-state index >= 15 is 0 Å². The third-order valence-corrected chi connectivity index (χ3v) is 3.86. The second-order valence-electron chi connectivity index (χ2n) is 4.98. The molecule has 0 radical (unpaired) electrons. The first kappa shape index (κ1) is 12.0. The number of ketones is 1. The van der Waals surface area contributed by atoms with Gasteiger partial charge in [-0.3, -0.25) is 4.79 Å². The third kappa shape index (κ3) is 1.93. The van der Waals surface area contributed by atoms with Gasteiger partial charge < -0.3 is 4.74 Å². The van der Waals surface area contributed by atoms with Crippen molar-refractivity contribution in [1.29, 1.82) is 0 Å². The number of Topliss-reactive ketones (excluding diaryl/α,β-unsaturated/α-hetero) is 1. The number of methoxy groups -OCH3 is 1. The van der Waals surface area contributed by atoms with E-state index in [4.69, 9.17) is 4.74 Å². The Morgan fingerprint density at radius 2 is 1.63 bits per heavy atom. The number of ether oxygens (including phenoxy) is 1. The van der Waals surface area contributed by atoms with Crippen molar-refractivity contribution in [2.45, 2.75) is 18.3 Å². The van der Waals surface area contributed by atoms with Gasteiger partial charge >= 0.3 is 0 Å². The van der Waals surface area contributed by atoms with E-state index in [0.29, 0.717) is 11.3 Å². The zero-order valence-corrected chi connectivity index (χ0v) is 10.9. The minimum absolute atomic E-state index is 0.177. The first-order chi connectivity index (χ1) is 9.28. The summed E-state index contributed by atoms with van der Waals surface area (Å²) in [7, 11) is 1.61. The first-order valence-corrected chi connectivity index (χ1v) is 6.51. The second kappa shape index (κ2) is 4.54. The van der Waals surface area contributed by atoms with E-state index in [2.05, 4.69) is 0 Å². The zero-order valence-electron chi connectivity index (χ0n) is 10.9. The second-order valence-corrected chi connectivity index (χ2v) is 4.98. The van der Waals surface area contributed by atoms with Gasteiger partial charge in [-0.1, -0.05) is 42.5 Å². The van der Waals surface area contributed by atoms with E-state index in [-0.39, 0.29) is 11.2 Å². The van der Waals surface area contributed by atoms with Crippen LogP contribution in [0.25, 0.3) is 0 Å². The monoisotopic (exact) mass is 252 g/mol. The molecule has 0 aliphatic heterocycles. The Balaban J connectivity index is 2.01. The quantitative estimate of drug-likeness (QED) is 0.777. The van der Waals surface area contributed by atoms with Gasteiger partial charge in [0, 0.05) is 0 Å². The first-order valence-electron chi connectivity index (χ1n) is 6.51. The number of hydrogen-bond acceptors (Lipinski definition) is 2. The number of hydrogen-bond donors (Lipinski definition) is 0. The van der Waals surface area contributed by atoms with E-state index in [0.717, 1.165) is 18.4 Å². The van der Waals surface area contributed by atoms with Crippen molar-refractivity contribution in [3.8, 4) is 5.75 Å². The molecule has 1 saturated carbocycles. The molecule has 0 saturated heterocycles. The van der Waals surface area contributed by atoms with Gasteiger partial charge in [-0.25, -0.2) is 0 Å². The van der Waals surface area contributed by atoms with Crippen LogP contribution in [0.15, 0.2) is 54.6 Å². The molecule has 1 aliphatic carbocycles. The number of carbonyl (C=O) groups is 1. The average Bonchev–Trinajstić information content (AvgIpc) is 3.29. The van der Waals surface area contributed by atoms with Crippen LogP contribution in [0.5, 0.6) is 5.75 Å². The molecular weight excluding hydrogens is 236 g/mol. The van der Waals surface area contributed by atoms with E-state index in [1.54, 1.807) is 7.11 Å². The molecule has 0 aromatic heterocycles. The number of carbonyl (C=O) groups excluding carboxylic acids is 1. The largest absolute Gasteiger partial charge is 0.496 e. The fourth-order valence-corrected chi connectivity index (χ4v) is 2.62. The molecule has 19 heavy (non-hydrogen) atoms. The highest BCUT2D eigenvalue weighted by Crippen LogP contribution is 2.51. The third-order valence-electron chi connectivity index (χ3n) is 3.86. The van der Waals surface area contributed by atoms with Crippen molar-refractivity contribution in [3.63, 3.8) is 0 Å². The minimum atomic E-state index is -0.324. The summed E-state index contributed by atoms with van der Waals surface area (Å²) in [5.74, 6) is 0.839. The predicted octanol–water partition coefficient (Wildman–Crippen LogP) is 3.61. The van der Waals surface area contributed by atoms with E-state index in [1.165, 1.54) is 0 Å². The Bertz CT molecular complexity index is 598. The van der Waals surface area contributed by atoms with Gasteiger partial charge in [-0.2, -0.15) is 0 Å². The maximum Gasteiger partial charge on any atom is 0.177 e. The van der Waals surface area contributed by atoms with E-state index in [1.807, 2.05) is 54.6 Å². The highest BCUT2D eigenvalue weighted by Gasteiger charge is 2.51. The Morgan fingerprint density at radius 3 is 2.26 bits per heavy atom. The van der Waals surface area contributed by atoms with Crippen molar-refractivity contribution in [3.05, 3.63) is 65.7 Å². The normalized spacial score (nSPS) is 15.8. The summed E-state index contributed by atoms with van der Waals surface area (Å²) >= 11 is 0. The molecule has 0 spiro atoms. The van der Waals surface area contributed by atoms with Crippen LogP contribution in [-0.4, -0.2) is 12.9 Å². The summed E-state index contributed by atoms with van der Waals surface area (Å²) in [4.78, 5) is 12.8. The Labute approximate surface area is 113 Å². The van der Waals surface area contributed by atoms with Crippen molar-refractivity contribution >= 4 is 5.78 Å². The lowest BCUT2D eigenvalue weighted by atomic mass is 9.87. The standard InChI is InChI=1S/C17H16O2/c1-19-15-10-6-5-9-14(15)16(18)17(11-12-17)13-7-3-2-4-8-13/h2-10H,11-12H2,1H3. The van der Waals surface area contributed by atoms with Gasteiger partial charge in [-0.05, 0) is 30.5 Å². The van der Waals surface area contributed by atoms with Gasteiger partial charge in [0.05, 0.1) is 18.1 Å². The minimum Gasteiger partial charge on any atom is -0.496 e.